The molecule has 1 aliphatic heterocycles. The number of nitrogens with one attached hydrogen (secondary N) is 2. The van der Waals surface area contributed by atoms with Crippen molar-refractivity contribution in [3.8, 4) is 0 Å². The second-order valence-electron chi connectivity index (χ2n) is 8.79. The molecule has 3 aromatic rings. The van der Waals surface area contributed by atoms with E-state index in [4.69, 9.17) is 0 Å². The van der Waals surface area contributed by atoms with E-state index in [1.165, 1.54) is 30.9 Å². The molecule has 2 N–H and O–H groups in total. The number of para-hydroxylation sites is 1. The van der Waals surface area contributed by atoms with E-state index in [-0.39, 0.29) is 10.8 Å². The Hall–Kier alpha value is -3.16. The molecule has 7 heteroatoms. The third-order valence-electron chi connectivity index (χ3n) is 6.07. The van der Waals surface area contributed by atoms with Crippen molar-refractivity contribution >= 4 is 21.6 Å². The highest BCUT2D eigenvalue weighted by molar-refractivity contribution is 7.92. The van der Waals surface area contributed by atoms with Gasteiger partial charge in [0.1, 0.15) is 0 Å². The van der Waals surface area contributed by atoms with Gasteiger partial charge in [-0.25, -0.2) is 8.42 Å². The van der Waals surface area contributed by atoms with Crippen molar-refractivity contribution in [3.05, 3.63) is 95.1 Å². The van der Waals surface area contributed by atoms with Crippen molar-refractivity contribution in [2.45, 2.75) is 44.2 Å². The van der Waals surface area contributed by atoms with Gasteiger partial charge in [-0.15, -0.1) is 0 Å². The molecule has 0 aliphatic carbocycles. The van der Waals surface area contributed by atoms with Gasteiger partial charge in [-0.1, -0.05) is 55.0 Å². The number of sulfonamides is 1. The molecule has 0 aromatic heterocycles. The van der Waals surface area contributed by atoms with Crippen molar-refractivity contribution in [1.82, 2.24) is 10.2 Å². The molecule has 6 nitrogen and oxygen atoms in total. The van der Waals surface area contributed by atoms with Gasteiger partial charge in [0.05, 0.1) is 4.90 Å². The largest absolute Gasteiger partial charge is 0.348 e. The van der Waals surface area contributed by atoms with Crippen LogP contribution in [0.3, 0.4) is 0 Å². The number of benzene rings is 3. The average Bonchev–Trinajstić information content (AvgIpc) is 2.84. The van der Waals surface area contributed by atoms with Crippen LogP contribution in [-0.2, 0) is 23.1 Å². The van der Waals surface area contributed by atoms with Crippen LogP contribution in [0.4, 0.5) is 5.69 Å². The molecule has 3 aromatic carbocycles. The summed E-state index contributed by atoms with van der Waals surface area (Å²) in [6.07, 6.45) is 3.82. The number of amides is 1. The maximum absolute atomic E-state index is 12.9. The molecule has 0 bridgehead atoms. The molecule has 0 radical (unpaired) electrons. The Labute approximate surface area is 202 Å². The number of likely N-dealkylation sites (tertiary alicyclic amines) is 1. The molecule has 0 spiro atoms. The molecule has 1 amide bonds. The van der Waals surface area contributed by atoms with E-state index in [1.54, 1.807) is 43.3 Å². The zero-order chi connectivity index (χ0) is 24.0. The molecule has 0 unspecified atom stereocenters. The van der Waals surface area contributed by atoms with Gasteiger partial charge in [0.2, 0.25) is 0 Å². The zero-order valence-electron chi connectivity index (χ0n) is 19.5. The van der Waals surface area contributed by atoms with Crippen molar-refractivity contribution in [2.24, 2.45) is 0 Å². The Kier molecular flexibility index (Phi) is 7.65. The lowest BCUT2D eigenvalue weighted by molar-refractivity contribution is 0.0950. The molecule has 178 valence electrons. The number of carbonyl (C=O) groups excluding carboxylic acids is 1. The first-order chi connectivity index (χ1) is 16.4. The maximum Gasteiger partial charge on any atom is 0.262 e. The molecule has 1 heterocycles. The predicted octanol–water partition coefficient (Wildman–Crippen LogP) is 4.71. The number of rotatable bonds is 8. The van der Waals surface area contributed by atoms with Gasteiger partial charge in [-0.2, -0.15) is 0 Å². The minimum Gasteiger partial charge on any atom is -0.348 e. The fourth-order valence-electron chi connectivity index (χ4n) is 4.25. The lowest BCUT2D eigenvalue weighted by Crippen LogP contribution is -2.29. The van der Waals surface area contributed by atoms with E-state index in [0.717, 1.165) is 25.2 Å². The van der Waals surface area contributed by atoms with Gasteiger partial charge >= 0.3 is 0 Å². The predicted molar refractivity (Wildman–Crippen MR) is 135 cm³/mol. The van der Waals surface area contributed by atoms with E-state index in [9.17, 15) is 13.2 Å². The molecule has 0 atom stereocenters. The molecule has 4 rings (SSSR count). The van der Waals surface area contributed by atoms with Crippen LogP contribution in [0, 0.1) is 6.92 Å². The molecule has 1 fully saturated rings. The van der Waals surface area contributed by atoms with Crippen LogP contribution < -0.4 is 10.0 Å². The number of anilines is 1. The van der Waals surface area contributed by atoms with Crippen molar-refractivity contribution in [1.29, 1.82) is 0 Å². The summed E-state index contributed by atoms with van der Waals surface area (Å²) in [5.74, 6) is -0.308. The summed E-state index contributed by atoms with van der Waals surface area (Å²) in [5, 5.41) is 2.93. The topological polar surface area (TPSA) is 78.5 Å². The van der Waals surface area contributed by atoms with Gasteiger partial charge in [0, 0.05) is 24.3 Å². The summed E-state index contributed by atoms with van der Waals surface area (Å²) in [5.41, 5.74) is 3.62. The van der Waals surface area contributed by atoms with Crippen LogP contribution in [0.15, 0.2) is 77.7 Å². The first-order valence-corrected chi connectivity index (χ1v) is 13.2. The minimum atomic E-state index is -3.82. The highest BCUT2D eigenvalue weighted by Gasteiger charge is 2.19. The van der Waals surface area contributed by atoms with Crippen LogP contribution in [0.25, 0.3) is 0 Å². The fourth-order valence-corrected chi connectivity index (χ4v) is 5.58. The van der Waals surface area contributed by atoms with Gasteiger partial charge in [-0.05, 0) is 73.8 Å². The maximum atomic E-state index is 12.9. The van der Waals surface area contributed by atoms with Crippen LogP contribution in [-0.4, -0.2) is 32.3 Å². The van der Waals surface area contributed by atoms with E-state index >= 15 is 0 Å². The highest BCUT2D eigenvalue weighted by atomic mass is 32.2. The van der Waals surface area contributed by atoms with E-state index in [0.29, 0.717) is 23.4 Å². The third-order valence-corrected chi connectivity index (χ3v) is 7.59. The summed E-state index contributed by atoms with van der Waals surface area (Å²) in [4.78, 5) is 15.4. The minimum absolute atomic E-state index is 0.0903. The van der Waals surface area contributed by atoms with Crippen LogP contribution in [0.1, 0.15) is 46.3 Å². The summed E-state index contributed by atoms with van der Waals surface area (Å²) in [7, 11) is -3.82. The van der Waals surface area contributed by atoms with Crippen molar-refractivity contribution in [2.75, 3.05) is 17.8 Å². The smallest absolute Gasteiger partial charge is 0.262 e. The van der Waals surface area contributed by atoms with Crippen LogP contribution in [0.2, 0.25) is 0 Å². The number of carbonyl (C=O) groups is 1. The van der Waals surface area contributed by atoms with E-state index < -0.39 is 10.0 Å². The molecule has 0 saturated carbocycles. The Morgan fingerprint density at radius 2 is 1.62 bits per heavy atom. The van der Waals surface area contributed by atoms with Crippen molar-refractivity contribution < 1.29 is 13.2 Å². The Morgan fingerprint density at radius 1 is 0.882 bits per heavy atom. The molecule has 1 saturated heterocycles. The summed E-state index contributed by atoms with van der Waals surface area (Å²) >= 11 is 0. The number of aryl methyl sites for hydroxylation is 1. The normalized spacial score (nSPS) is 14.5. The first kappa shape index (κ1) is 24.0. The molecule has 1 aliphatic rings. The van der Waals surface area contributed by atoms with Crippen LogP contribution >= 0.6 is 0 Å². The second-order valence-corrected chi connectivity index (χ2v) is 10.4. The summed E-state index contributed by atoms with van der Waals surface area (Å²) in [6, 6.07) is 21.7. The molecular formula is C27H31N3O3S. The van der Waals surface area contributed by atoms with Gasteiger partial charge < -0.3 is 5.32 Å². The third kappa shape index (κ3) is 6.24. The lowest BCUT2D eigenvalue weighted by atomic mass is 10.1. The quantitative estimate of drug-likeness (QED) is 0.492. The standard InChI is InChI=1S/C27H31N3O3S/c1-21-13-14-24(18-26(21)34(32,33)29-25-11-4-2-5-12-25)27(31)28-19-22-9-8-10-23(17-22)20-30-15-6-3-7-16-30/h2,4-5,8-14,17-18,29H,3,6-7,15-16,19-20H2,1H3,(H,28,31). The summed E-state index contributed by atoms with van der Waals surface area (Å²) in [6.45, 7) is 5.30. The van der Waals surface area contributed by atoms with Gasteiger partial charge in [-0.3, -0.25) is 14.4 Å². The number of hydrogen-bond acceptors (Lipinski definition) is 4. The Balaban J connectivity index is 1.42. The molecular weight excluding hydrogens is 446 g/mol. The van der Waals surface area contributed by atoms with E-state index in [2.05, 4.69) is 27.1 Å². The monoisotopic (exact) mass is 477 g/mol. The van der Waals surface area contributed by atoms with Crippen molar-refractivity contribution in [3.63, 3.8) is 0 Å². The van der Waals surface area contributed by atoms with Crippen LogP contribution in [0.5, 0.6) is 0 Å². The number of piperidine rings is 1. The first-order valence-electron chi connectivity index (χ1n) is 11.7. The van der Waals surface area contributed by atoms with Gasteiger partial charge in [0.25, 0.3) is 15.9 Å². The number of hydrogen-bond donors (Lipinski definition) is 2. The summed E-state index contributed by atoms with van der Waals surface area (Å²) < 4.78 is 28.4. The highest BCUT2D eigenvalue weighted by Crippen LogP contribution is 2.21. The lowest BCUT2D eigenvalue weighted by Gasteiger charge is -2.26. The van der Waals surface area contributed by atoms with E-state index in [1.807, 2.05) is 18.2 Å². The Morgan fingerprint density at radius 3 is 2.38 bits per heavy atom. The van der Waals surface area contributed by atoms with Gasteiger partial charge in [0.15, 0.2) is 0 Å². The average molecular weight is 478 g/mol. The Bertz CT molecular complexity index is 1240. The number of nitrogens with zero attached hydrogens (tertiary/aromatic N) is 1. The SMILES string of the molecule is Cc1ccc(C(=O)NCc2cccc(CN3CCCCC3)c2)cc1S(=O)(=O)Nc1ccccc1. The fraction of sp³-hybridized carbons (Fsp3) is 0.296. The second kappa shape index (κ2) is 10.8. The zero-order valence-corrected chi connectivity index (χ0v) is 20.3. The molecule has 34 heavy (non-hydrogen) atoms.